The SMILES string of the molecule is CC1(C)CCC2(C(=O)OC3OC(CO)C(O)C(O)C3O)CCC3(C)C(=CCC4C5(C)CCC(OC6OC(CO)C(O)C6O)C(C)(CO)C5CCC43C)C2C1. The first-order valence-electron chi connectivity index (χ1n) is 20.4. The van der Waals surface area contributed by atoms with E-state index in [1.807, 2.05) is 0 Å². The fourth-order valence-electron chi connectivity index (χ4n) is 13.4. The normalized spacial score (nSPS) is 54.0. The standard InChI is InChI=1S/C41H66O13/c1-36(2)13-15-41(35(50)54-34-32(49)30(47)28(45)23(18-42)52-34)16-14-39(5)21(22(41)17-36)7-8-26-37(3)11-10-27(53-33-31(48)29(46)24(19-43)51-33)38(4,20-44)25(37)9-12-40(26,39)6/h7,22-34,42-49H,8-20H2,1-6H3. The van der Waals surface area contributed by atoms with E-state index in [4.69, 9.17) is 18.9 Å². The van der Waals surface area contributed by atoms with Crippen LogP contribution in [-0.2, 0) is 23.7 Å². The van der Waals surface area contributed by atoms with Gasteiger partial charge in [-0.1, -0.05) is 53.2 Å². The van der Waals surface area contributed by atoms with Crippen molar-refractivity contribution < 1.29 is 64.6 Å². The molecule has 2 aliphatic heterocycles. The maximum Gasteiger partial charge on any atom is 0.315 e. The Bertz CT molecular complexity index is 1450. The maximum atomic E-state index is 14.5. The zero-order valence-electron chi connectivity index (χ0n) is 32.9. The van der Waals surface area contributed by atoms with Gasteiger partial charge < -0.3 is 59.8 Å². The van der Waals surface area contributed by atoms with Crippen LogP contribution >= 0.6 is 0 Å². The highest BCUT2D eigenvalue weighted by Crippen LogP contribution is 2.76. The highest BCUT2D eigenvalue weighted by molar-refractivity contribution is 5.79. The van der Waals surface area contributed by atoms with Gasteiger partial charge in [0, 0.05) is 5.41 Å². The molecule has 308 valence electrons. The van der Waals surface area contributed by atoms with E-state index in [0.717, 1.165) is 44.9 Å². The lowest BCUT2D eigenvalue weighted by molar-refractivity contribution is -0.297. The van der Waals surface area contributed by atoms with Gasteiger partial charge in [0.25, 0.3) is 0 Å². The summed E-state index contributed by atoms with van der Waals surface area (Å²) >= 11 is 0. The van der Waals surface area contributed by atoms with Gasteiger partial charge in [-0.05, 0) is 104 Å². The quantitative estimate of drug-likeness (QED) is 0.138. The van der Waals surface area contributed by atoms with Crippen LogP contribution in [0.3, 0.4) is 0 Å². The molecule has 0 radical (unpaired) electrons. The van der Waals surface area contributed by atoms with Crippen LogP contribution in [0, 0.1) is 50.2 Å². The highest BCUT2D eigenvalue weighted by atomic mass is 16.7. The van der Waals surface area contributed by atoms with Crippen LogP contribution in [0.4, 0.5) is 0 Å². The summed E-state index contributed by atoms with van der Waals surface area (Å²) in [5, 5.41) is 83.1. The lowest BCUT2D eigenvalue weighted by atomic mass is 9.33. The summed E-state index contributed by atoms with van der Waals surface area (Å²) in [5.74, 6) is -0.191. The van der Waals surface area contributed by atoms with E-state index in [1.165, 1.54) is 5.57 Å². The van der Waals surface area contributed by atoms with Crippen molar-refractivity contribution >= 4 is 5.97 Å². The summed E-state index contributed by atoms with van der Waals surface area (Å²) in [6, 6.07) is 0. The molecule has 2 saturated heterocycles. The molecular weight excluding hydrogens is 700 g/mol. The number of esters is 1. The molecule has 0 aromatic carbocycles. The Balaban J connectivity index is 1.18. The molecule has 8 N–H and O–H groups in total. The van der Waals surface area contributed by atoms with Gasteiger partial charge in [-0.25, -0.2) is 0 Å². The van der Waals surface area contributed by atoms with Crippen molar-refractivity contribution in [1.82, 2.24) is 0 Å². The number of aliphatic hydroxyl groups excluding tert-OH is 8. The van der Waals surface area contributed by atoms with Gasteiger partial charge in [0.15, 0.2) is 6.29 Å². The fourth-order valence-corrected chi connectivity index (χ4v) is 13.4. The fraction of sp³-hybridized carbons (Fsp3) is 0.927. The summed E-state index contributed by atoms with van der Waals surface area (Å²) in [5.41, 5.74) is -0.722. The largest absolute Gasteiger partial charge is 0.432 e. The van der Waals surface area contributed by atoms with Gasteiger partial charge >= 0.3 is 5.97 Å². The van der Waals surface area contributed by atoms with Crippen LogP contribution in [0.5, 0.6) is 0 Å². The average Bonchev–Trinajstić information content (AvgIpc) is 3.40. The summed E-state index contributed by atoms with van der Waals surface area (Å²) in [4.78, 5) is 14.5. The Labute approximate surface area is 319 Å². The Hall–Kier alpha value is -1.23. The second-order valence-electron chi connectivity index (χ2n) is 20.0. The van der Waals surface area contributed by atoms with Crippen molar-refractivity contribution in [1.29, 1.82) is 0 Å². The number of aliphatic hydroxyl groups is 8. The van der Waals surface area contributed by atoms with Gasteiger partial charge in [-0.2, -0.15) is 0 Å². The van der Waals surface area contributed by atoms with Gasteiger partial charge in [0.05, 0.1) is 31.3 Å². The van der Waals surface area contributed by atoms with E-state index >= 15 is 0 Å². The van der Waals surface area contributed by atoms with Gasteiger partial charge in [-0.15, -0.1) is 0 Å². The summed E-state index contributed by atoms with van der Waals surface area (Å²) in [7, 11) is 0. The Kier molecular flexibility index (Phi) is 10.6. The number of hydrogen-bond acceptors (Lipinski definition) is 13. The second kappa shape index (κ2) is 14.0. The molecule has 13 nitrogen and oxygen atoms in total. The van der Waals surface area contributed by atoms with E-state index in [1.54, 1.807) is 0 Å². The molecule has 2 heterocycles. The monoisotopic (exact) mass is 766 g/mol. The van der Waals surface area contributed by atoms with Crippen molar-refractivity contribution in [3.8, 4) is 0 Å². The minimum Gasteiger partial charge on any atom is -0.432 e. The Morgan fingerprint density at radius 3 is 2.00 bits per heavy atom. The number of hydrogen-bond donors (Lipinski definition) is 8. The average molecular weight is 767 g/mol. The smallest absolute Gasteiger partial charge is 0.315 e. The first kappa shape index (κ1) is 40.9. The molecule has 0 bridgehead atoms. The minimum absolute atomic E-state index is 0.0246. The third-order valence-electron chi connectivity index (χ3n) is 17.0. The molecule has 0 aromatic rings. The zero-order valence-corrected chi connectivity index (χ0v) is 32.9. The lowest BCUT2D eigenvalue weighted by Crippen LogP contribution is -2.66. The topological polar surface area (TPSA) is 216 Å². The maximum absolute atomic E-state index is 14.5. The third-order valence-corrected chi connectivity index (χ3v) is 17.0. The molecule has 18 atom stereocenters. The van der Waals surface area contributed by atoms with E-state index in [-0.39, 0.29) is 46.0 Å². The van der Waals surface area contributed by atoms with Crippen LogP contribution in [-0.4, -0.2) is 128 Å². The predicted octanol–water partition coefficient (Wildman–Crippen LogP) is 1.93. The van der Waals surface area contributed by atoms with E-state index in [9.17, 15) is 45.6 Å². The van der Waals surface area contributed by atoms with Crippen molar-refractivity contribution in [3.05, 3.63) is 11.6 Å². The van der Waals surface area contributed by atoms with Gasteiger partial charge in [0.1, 0.15) is 42.7 Å². The molecule has 0 aromatic heterocycles. The second-order valence-corrected chi connectivity index (χ2v) is 20.0. The predicted molar refractivity (Wildman–Crippen MR) is 193 cm³/mol. The molecule has 7 aliphatic rings. The Morgan fingerprint density at radius 2 is 1.35 bits per heavy atom. The number of ether oxygens (including phenoxy) is 4. The molecule has 0 spiro atoms. The van der Waals surface area contributed by atoms with Crippen molar-refractivity contribution in [2.45, 2.75) is 167 Å². The molecule has 0 amide bonds. The molecule has 6 fully saturated rings. The van der Waals surface area contributed by atoms with Crippen molar-refractivity contribution in [2.24, 2.45) is 50.2 Å². The number of fused-ring (bicyclic) bond motifs is 7. The van der Waals surface area contributed by atoms with Crippen molar-refractivity contribution in [3.63, 3.8) is 0 Å². The number of carbonyl (C=O) groups excluding carboxylic acids is 1. The molecule has 7 rings (SSSR count). The van der Waals surface area contributed by atoms with Gasteiger partial charge in [0.2, 0.25) is 6.29 Å². The number of carbonyl (C=O) groups is 1. The molecule has 18 unspecified atom stereocenters. The number of allylic oxidation sites excluding steroid dienone is 2. The minimum atomic E-state index is -1.66. The van der Waals surface area contributed by atoms with Crippen LogP contribution < -0.4 is 0 Å². The van der Waals surface area contributed by atoms with E-state index < -0.39 is 91.4 Å². The van der Waals surface area contributed by atoms with E-state index in [0.29, 0.717) is 19.3 Å². The Morgan fingerprint density at radius 1 is 0.741 bits per heavy atom. The van der Waals surface area contributed by atoms with Gasteiger partial charge in [-0.3, -0.25) is 4.79 Å². The molecule has 54 heavy (non-hydrogen) atoms. The lowest BCUT2D eigenvalue weighted by Gasteiger charge is -2.71. The van der Waals surface area contributed by atoms with Crippen LogP contribution in [0.1, 0.15) is 106 Å². The summed E-state index contributed by atoms with van der Waals surface area (Å²) in [6.45, 7) is 12.7. The van der Waals surface area contributed by atoms with Crippen molar-refractivity contribution in [2.75, 3.05) is 19.8 Å². The first-order chi connectivity index (χ1) is 25.3. The van der Waals surface area contributed by atoms with Crippen LogP contribution in [0.25, 0.3) is 0 Å². The van der Waals surface area contributed by atoms with Crippen LogP contribution in [0.2, 0.25) is 0 Å². The molecule has 13 heteroatoms. The first-order valence-corrected chi connectivity index (χ1v) is 20.4. The summed E-state index contributed by atoms with van der Waals surface area (Å²) in [6.07, 6.45) is -2.46. The molecular formula is C41H66O13. The molecule has 5 aliphatic carbocycles. The highest BCUT2D eigenvalue weighted by Gasteiger charge is 2.70. The third kappa shape index (κ3) is 5.84. The molecule has 4 saturated carbocycles. The van der Waals surface area contributed by atoms with E-state index in [2.05, 4.69) is 47.6 Å². The zero-order chi connectivity index (χ0) is 39.4. The van der Waals surface area contributed by atoms with Crippen LogP contribution in [0.15, 0.2) is 11.6 Å². The summed E-state index contributed by atoms with van der Waals surface area (Å²) < 4.78 is 23.7. The number of rotatable bonds is 7.